The largest absolute Gasteiger partial charge is 0.384 e. The molecular formula is C8H10NO3P. The summed E-state index contributed by atoms with van der Waals surface area (Å²) in [5, 5.41) is 3.23. The fraction of sp³-hybridized carbons (Fsp3) is 0.250. The summed E-state index contributed by atoms with van der Waals surface area (Å²) in [7, 11) is -4.08. The van der Waals surface area contributed by atoms with Crippen molar-refractivity contribution in [2.45, 2.75) is 6.42 Å². The van der Waals surface area contributed by atoms with Gasteiger partial charge < -0.3 is 15.1 Å². The van der Waals surface area contributed by atoms with Gasteiger partial charge in [-0.3, -0.25) is 4.57 Å². The number of benzene rings is 1. The molecule has 0 amide bonds. The molecule has 0 bridgehead atoms. The summed E-state index contributed by atoms with van der Waals surface area (Å²) >= 11 is 0. The highest BCUT2D eigenvalue weighted by Gasteiger charge is 2.19. The van der Waals surface area contributed by atoms with Gasteiger partial charge in [-0.05, 0) is 30.2 Å². The third-order valence-corrected chi connectivity index (χ3v) is 3.09. The van der Waals surface area contributed by atoms with Crippen molar-refractivity contribution in [1.29, 1.82) is 0 Å². The van der Waals surface area contributed by atoms with Gasteiger partial charge in [0.25, 0.3) is 0 Å². The highest BCUT2D eigenvalue weighted by molar-refractivity contribution is 7.60. The van der Waals surface area contributed by atoms with Crippen LogP contribution in [-0.2, 0) is 11.0 Å². The van der Waals surface area contributed by atoms with E-state index in [1.54, 1.807) is 12.1 Å². The van der Waals surface area contributed by atoms with E-state index >= 15 is 0 Å². The Bertz CT molecular complexity index is 385. The first-order chi connectivity index (χ1) is 6.07. The van der Waals surface area contributed by atoms with Crippen LogP contribution in [0, 0.1) is 0 Å². The average molecular weight is 199 g/mol. The molecule has 1 heterocycles. The predicted molar refractivity (Wildman–Crippen MR) is 50.3 cm³/mol. The second kappa shape index (κ2) is 2.84. The Kier molecular flexibility index (Phi) is 1.91. The van der Waals surface area contributed by atoms with Crippen LogP contribution in [0.1, 0.15) is 5.56 Å². The fourth-order valence-corrected chi connectivity index (χ4v) is 2.07. The van der Waals surface area contributed by atoms with Crippen LogP contribution in [0.5, 0.6) is 0 Å². The molecule has 0 unspecified atom stereocenters. The molecule has 0 saturated heterocycles. The van der Waals surface area contributed by atoms with Crippen LogP contribution in [0.25, 0.3) is 0 Å². The van der Waals surface area contributed by atoms with Gasteiger partial charge >= 0.3 is 7.60 Å². The predicted octanol–water partition coefficient (Wildman–Crippen LogP) is 0.458. The van der Waals surface area contributed by atoms with Gasteiger partial charge in [-0.2, -0.15) is 0 Å². The van der Waals surface area contributed by atoms with E-state index in [4.69, 9.17) is 9.79 Å². The van der Waals surface area contributed by atoms with Crippen molar-refractivity contribution in [3.8, 4) is 0 Å². The molecule has 70 valence electrons. The standard InChI is InChI=1S/C8H10NO3P/c10-13(11,12)7-1-2-8-6(5-7)3-4-9-8/h1-2,5,9H,3-4H2,(H2,10,11,12). The zero-order chi connectivity index (χ0) is 9.47. The molecule has 0 fully saturated rings. The SMILES string of the molecule is O=P(O)(O)c1ccc2c(c1)CCN2. The van der Waals surface area contributed by atoms with Crippen molar-refractivity contribution in [3.63, 3.8) is 0 Å². The van der Waals surface area contributed by atoms with E-state index in [2.05, 4.69) is 5.32 Å². The first kappa shape index (κ1) is 8.75. The number of fused-ring (bicyclic) bond motifs is 1. The van der Waals surface area contributed by atoms with Gasteiger partial charge in [0.05, 0.1) is 5.30 Å². The molecule has 0 radical (unpaired) electrons. The molecule has 0 saturated carbocycles. The zero-order valence-electron chi connectivity index (χ0n) is 6.90. The van der Waals surface area contributed by atoms with E-state index < -0.39 is 7.60 Å². The van der Waals surface area contributed by atoms with Crippen LogP contribution >= 0.6 is 7.60 Å². The average Bonchev–Trinajstić information content (AvgIpc) is 2.47. The summed E-state index contributed by atoms with van der Waals surface area (Å²) in [5.41, 5.74) is 1.97. The van der Waals surface area contributed by atoms with Crippen molar-refractivity contribution < 1.29 is 14.4 Å². The zero-order valence-corrected chi connectivity index (χ0v) is 7.79. The van der Waals surface area contributed by atoms with Crippen LogP contribution in [0.4, 0.5) is 5.69 Å². The molecule has 1 aliphatic heterocycles. The van der Waals surface area contributed by atoms with Gasteiger partial charge in [-0.1, -0.05) is 0 Å². The third-order valence-electron chi connectivity index (χ3n) is 2.13. The van der Waals surface area contributed by atoms with Crippen molar-refractivity contribution in [2.24, 2.45) is 0 Å². The first-order valence-corrected chi connectivity index (χ1v) is 5.61. The van der Waals surface area contributed by atoms with Gasteiger partial charge in [0, 0.05) is 12.2 Å². The molecule has 1 aliphatic rings. The lowest BCUT2D eigenvalue weighted by atomic mass is 10.2. The number of anilines is 1. The van der Waals surface area contributed by atoms with Crippen molar-refractivity contribution in [2.75, 3.05) is 11.9 Å². The van der Waals surface area contributed by atoms with E-state index in [0.717, 1.165) is 24.2 Å². The highest BCUT2D eigenvalue weighted by atomic mass is 31.2. The summed E-state index contributed by atoms with van der Waals surface area (Å²) in [5.74, 6) is 0. The second-order valence-electron chi connectivity index (χ2n) is 3.06. The monoisotopic (exact) mass is 199 g/mol. The molecule has 4 nitrogen and oxygen atoms in total. The molecule has 2 rings (SSSR count). The molecule has 0 spiro atoms. The van der Waals surface area contributed by atoms with E-state index in [1.165, 1.54) is 6.07 Å². The van der Waals surface area contributed by atoms with Crippen LogP contribution < -0.4 is 10.6 Å². The van der Waals surface area contributed by atoms with Crippen LogP contribution in [-0.4, -0.2) is 16.3 Å². The molecule has 0 atom stereocenters. The molecule has 13 heavy (non-hydrogen) atoms. The van der Waals surface area contributed by atoms with E-state index in [1.807, 2.05) is 0 Å². The fourth-order valence-electron chi connectivity index (χ4n) is 1.47. The van der Waals surface area contributed by atoms with Crippen molar-refractivity contribution >= 4 is 18.6 Å². The summed E-state index contributed by atoms with van der Waals surface area (Å²) in [6.07, 6.45) is 0.836. The highest BCUT2D eigenvalue weighted by Crippen LogP contribution is 2.35. The number of rotatable bonds is 1. The number of nitrogens with one attached hydrogen (secondary N) is 1. The van der Waals surface area contributed by atoms with Crippen LogP contribution in [0.15, 0.2) is 18.2 Å². The second-order valence-corrected chi connectivity index (χ2v) is 4.67. The number of hydrogen-bond donors (Lipinski definition) is 3. The lowest BCUT2D eigenvalue weighted by Crippen LogP contribution is -2.04. The Hall–Kier alpha value is -0.830. The number of hydrogen-bond acceptors (Lipinski definition) is 2. The minimum Gasteiger partial charge on any atom is -0.384 e. The van der Waals surface area contributed by atoms with Gasteiger partial charge in [-0.15, -0.1) is 0 Å². The maximum Gasteiger partial charge on any atom is 0.356 e. The molecule has 1 aromatic carbocycles. The lowest BCUT2D eigenvalue weighted by molar-refractivity contribution is 0.387. The molecule has 0 aromatic heterocycles. The summed E-state index contributed by atoms with van der Waals surface area (Å²) in [4.78, 5) is 17.8. The maximum absolute atomic E-state index is 10.9. The summed E-state index contributed by atoms with van der Waals surface area (Å²) in [6, 6.07) is 4.77. The Morgan fingerprint density at radius 3 is 2.85 bits per heavy atom. The summed E-state index contributed by atoms with van der Waals surface area (Å²) < 4.78 is 10.9. The smallest absolute Gasteiger partial charge is 0.356 e. The minimum atomic E-state index is -4.08. The van der Waals surface area contributed by atoms with Crippen molar-refractivity contribution in [1.82, 2.24) is 0 Å². The summed E-state index contributed by atoms with van der Waals surface area (Å²) in [6.45, 7) is 0.847. The third kappa shape index (κ3) is 1.61. The Morgan fingerprint density at radius 1 is 1.38 bits per heavy atom. The van der Waals surface area contributed by atoms with Crippen molar-refractivity contribution in [3.05, 3.63) is 23.8 Å². The molecule has 1 aromatic rings. The van der Waals surface area contributed by atoms with Gasteiger partial charge in [0.15, 0.2) is 0 Å². The van der Waals surface area contributed by atoms with Gasteiger partial charge in [-0.25, -0.2) is 0 Å². The lowest BCUT2D eigenvalue weighted by Gasteiger charge is -2.05. The normalized spacial score (nSPS) is 15.2. The topological polar surface area (TPSA) is 69.6 Å². The maximum atomic E-state index is 10.9. The molecule has 3 N–H and O–H groups in total. The minimum absolute atomic E-state index is 0.106. The Morgan fingerprint density at radius 2 is 2.15 bits per heavy atom. The van der Waals surface area contributed by atoms with E-state index in [0.29, 0.717) is 0 Å². The first-order valence-electron chi connectivity index (χ1n) is 4.00. The molecular weight excluding hydrogens is 189 g/mol. The Balaban J connectivity index is 2.48. The van der Waals surface area contributed by atoms with E-state index in [9.17, 15) is 4.57 Å². The van der Waals surface area contributed by atoms with Crippen LogP contribution in [0.3, 0.4) is 0 Å². The Labute approximate surface area is 75.8 Å². The van der Waals surface area contributed by atoms with E-state index in [-0.39, 0.29) is 5.30 Å². The quantitative estimate of drug-likeness (QED) is 0.574. The molecule has 0 aliphatic carbocycles. The van der Waals surface area contributed by atoms with Gasteiger partial charge in [0.2, 0.25) is 0 Å². The molecule has 5 heteroatoms. The van der Waals surface area contributed by atoms with Crippen LogP contribution in [0.2, 0.25) is 0 Å². The van der Waals surface area contributed by atoms with Gasteiger partial charge in [0.1, 0.15) is 0 Å².